The molecule has 3 aliphatic rings. The summed E-state index contributed by atoms with van der Waals surface area (Å²) in [4.78, 5) is 27.7. The maximum absolute atomic E-state index is 13.3. The van der Waals surface area contributed by atoms with Crippen LogP contribution in [-0.2, 0) is 16.0 Å². The summed E-state index contributed by atoms with van der Waals surface area (Å²) < 4.78 is 12.7. The molecule has 6 rings (SSSR count). The summed E-state index contributed by atoms with van der Waals surface area (Å²) in [5.41, 5.74) is 3.95. The average Bonchev–Trinajstić information content (AvgIpc) is 3.38. The van der Waals surface area contributed by atoms with Crippen LogP contribution in [0.3, 0.4) is 0 Å². The van der Waals surface area contributed by atoms with Crippen LogP contribution in [0.2, 0.25) is 0 Å². The minimum absolute atomic E-state index is 0.0267. The molecule has 1 atom stereocenters. The molecule has 3 heterocycles. The minimum Gasteiger partial charge on any atom is -0.489 e. The molecule has 1 saturated heterocycles. The Morgan fingerprint density at radius 3 is 2.72 bits per heavy atom. The predicted molar refractivity (Wildman–Crippen MR) is 147 cm³/mol. The van der Waals surface area contributed by atoms with Crippen LogP contribution >= 0.6 is 0 Å². The van der Waals surface area contributed by atoms with Gasteiger partial charge in [-0.2, -0.15) is 9.78 Å². The third-order valence-electron chi connectivity index (χ3n) is 8.08. The van der Waals surface area contributed by atoms with Gasteiger partial charge in [0, 0.05) is 44.4 Å². The SMILES string of the molecule is CN1C(=O)[C@@H](NC(=O)n2cc(Cc3ccccc3)cn2)COc2ccc(C#CC3CC4(CCOCC4)C3)cc21. The van der Waals surface area contributed by atoms with Gasteiger partial charge in [0.25, 0.3) is 5.91 Å². The topological polar surface area (TPSA) is 85.7 Å². The Morgan fingerprint density at radius 1 is 1.13 bits per heavy atom. The lowest BCUT2D eigenvalue weighted by atomic mass is 9.58. The van der Waals surface area contributed by atoms with E-state index < -0.39 is 12.1 Å². The van der Waals surface area contributed by atoms with Crippen LogP contribution in [0, 0.1) is 23.2 Å². The van der Waals surface area contributed by atoms with Crippen molar-refractivity contribution in [2.24, 2.45) is 11.3 Å². The van der Waals surface area contributed by atoms with Gasteiger partial charge in [0.05, 0.1) is 11.9 Å². The second kappa shape index (κ2) is 10.6. The van der Waals surface area contributed by atoms with Crippen LogP contribution < -0.4 is 15.0 Å². The predicted octanol–water partition coefficient (Wildman–Crippen LogP) is 4.01. The summed E-state index contributed by atoms with van der Waals surface area (Å²) in [5.74, 6) is 7.46. The Balaban J connectivity index is 1.09. The third-order valence-corrected chi connectivity index (χ3v) is 8.08. The quantitative estimate of drug-likeness (QED) is 0.524. The summed E-state index contributed by atoms with van der Waals surface area (Å²) >= 11 is 0. The number of rotatable bonds is 3. The zero-order valence-electron chi connectivity index (χ0n) is 22.1. The van der Waals surface area contributed by atoms with Gasteiger partial charge in [-0.05, 0) is 60.4 Å². The number of hydrogen-bond donors (Lipinski definition) is 1. The molecule has 8 nitrogen and oxygen atoms in total. The van der Waals surface area contributed by atoms with Gasteiger partial charge in [-0.1, -0.05) is 42.2 Å². The molecule has 1 aromatic heterocycles. The Labute approximate surface area is 228 Å². The Morgan fingerprint density at radius 2 is 1.92 bits per heavy atom. The maximum Gasteiger partial charge on any atom is 0.342 e. The molecule has 2 fully saturated rings. The van der Waals surface area contributed by atoms with Gasteiger partial charge in [0.2, 0.25) is 0 Å². The molecule has 39 heavy (non-hydrogen) atoms. The highest BCUT2D eigenvalue weighted by Gasteiger charge is 2.44. The number of likely N-dealkylation sites (N-methyl/N-ethyl adjacent to an activating group) is 1. The van der Waals surface area contributed by atoms with Crippen molar-refractivity contribution < 1.29 is 19.1 Å². The van der Waals surface area contributed by atoms with Gasteiger partial charge in [-0.3, -0.25) is 4.79 Å². The summed E-state index contributed by atoms with van der Waals surface area (Å²) in [7, 11) is 1.69. The molecule has 8 heteroatoms. The van der Waals surface area contributed by atoms with E-state index in [1.807, 2.05) is 48.5 Å². The van der Waals surface area contributed by atoms with Crippen LogP contribution in [0.4, 0.5) is 10.5 Å². The van der Waals surface area contributed by atoms with Gasteiger partial charge in [-0.25, -0.2) is 4.79 Å². The van der Waals surface area contributed by atoms with E-state index in [4.69, 9.17) is 9.47 Å². The van der Waals surface area contributed by atoms with Crippen LogP contribution in [-0.4, -0.2) is 54.6 Å². The summed E-state index contributed by atoms with van der Waals surface area (Å²) in [6, 6.07) is 14.3. The first-order valence-corrected chi connectivity index (χ1v) is 13.5. The van der Waals surface area contributed by atoms with Crippen molar-refractivity contribution in [2.45, 2.75) is 38.1 Å². The molecular weight excluding hydrogens is 492 g/mol. The second-order valence-electron chi connectivity index (χ2n) is 10.8. The second-order valence-corrected chi connectivity index (χ2v) is 10.8. The first kappa shape index (κ1) is 25.2. The highest BCUT2D eigenvalue weighted by Crippen LogP contribution is 2.52. The molecule has 200 valence electrons. The lowest BCUT2D eigenvalue weighted by Gasteiger charge is -2.48. The van der Waals surface area contributed by atoms with E-state index in [0.29, 0.717) is 29.2 Å². The van der Waals surface area contributed by atoms with Gasteiger partial charge >= 0.3 is 6.03 Å². The Bertz CT molecular complexity index is 1420. The van der Waals surface area contributed by atoms with Crippen LogP contribution in [0.25, 0.3) is 0 Å². The van der Waals surface area contributed by atoms with E-state index in [-0.39, 0.29) is 12.5 Å². The van der Waals surface area contributed by atoms with Gasteiger partial charge in [0.15, 0.2) is 0 Å². The number of aromatic nitrogens is 2. The molecule has 1 spiro atoms. The maximum atomic E-state index is 13.3. The number of nitrogens with zero attached hydrogens (tertiary/aromatic N) is 3. The van der Waals surface area contributed by atoms with E-state index in [2.05, 4.69) is 22.3 Å². The molecule has 1 saturated carbocycles. The summed E-state index contributed by atoms with van der Waals surface area (Å²) in [5, 5.41) is 6.96. The fourth-order valence-electron chi connectivity index (χ4n) is 5.77. The zero-order valence-corrected chi connectivity index (χ0v) is 22.1. The molecule has 2 amide bonds. The number of anilines is 1. The molecule has 1 aliphatic carbocycles. The van der Waals surface area contributed by atoms with Crippen molar-refractivity contribution in [1.82, 2.24) is 15.1 Å². The van der Waals surface area contributed by atoms with E-state index in [1.54, 1.807) is 19.4 Å². The lowest BCUT2D eigenvalue weighted by Crippen LogP contribution is -2.50. The average molecular weight is 525 g/mol. The van der Waals surface area contributed by atoms with Crippen molar-refractivity contribution in [3.8, 4) is 17.6 Å². The normalized spacial score (nSPS) is 20.2. The molecule has 0 unspecified atom stereocenters. The number of benzene rings is 2. The van der Waals surface area contributed by atoms with E-state index in [9.17, 15) is 9.59 Å². The van der Waals surface area contributed by atoms with Crippen molar-refractivity contribution >= 4 is 17.6 Å². The Kier molecular flexibility index (Phi) is 6.84. The fourth-order valence-corrected chi connectivity index (χ4v) is 5.77. The smallest absolute Gasteiger partial charge is 0.342 e. The van der Waals surface area contributed by atoms with Crippen LogP contribution in [0.1, 0.15) is 42.4 Å². The monoisotopic (exact) mass is 524 g/mol. The van der Waals surface area contributed by atoms with Crippen molar-refractivity contribution in [1.29, 1.82) is 0 Å². The number of fused-ring (bicyclic) bond motifs is 1. The van der Waals surface area contributed by atoms with Crippen molar-refractivity contribution in [2.75, 3.05) is 31.8 Å². The van der Waals surface area contributed by atoms with Gasteiger partial charge < -0.3 is 19.7 Å². The molecular formula is C31H32N4O4. The highest BCUT2D eigenvalue weighted by atomic mass is 16.5. The van der Waals surface area contributed by atoms with E-state index in [0.717, 1.165) is 55.6 Å². The molecule has 0 bridgehead atoms. The molecule has 3 aromatic rings. The lowest BCUT2D eigenvalue weighted by molar-refractivity contribution is -0.120. The zero-order chi connectivity index (χ0) is 26.8. The number of nitrogens with one attached hydrogen (secondary N) is 1. The van der Waals surface area contributed by atoms with Crippen molar-refractivity contribution in [3.05, 3.63) is 77.6 Å². The van der Waals surface area contributed by atoms with Gasteiger partial charge in [-0.15, -0.1) is 0 Å². The first-order valence-electron chi connectivity index (χ1n) is 13.5. The number of carbonyl (C=O) groups excluding carboxylic acids is 2. The number of hydrogen-bond acceptors (Lipinski definition) is 5. The highest BCUT2D eigenvalue weighted by molar-refractivity contribution is 6.00. The van der Waals surface area contributed by atoms with E-state index >= 15 is 0 Å². The number of carbonyl (C=O) groups is 2. The minimum atomic E-state index is -0.850. The van der Waals surface area contributed by atoms with E-state index in [1.165, 1.54) is 9.58 Å². The third kappa shape index (κ3) is 5.41. The largest absolute Gasteiger partial charge is 0.489 e. The number of ether oxygens (including phenoxy) is 2. The van der Waals surface area contributed by atoms with Crippen LogP contribution in [0.5, 0.6) is 5.75 Å². The first-order chi connectivity index (χ1) is 19.0. The fraction of sp³-hybridized carbons (Fsp3) is 0.387. The molecule has 1 N–H and O–H groups in total. The Hall–Kier alpha value is -4.09. The summed E-state index contributed by atoms with van der Waals surface area (Å²) in [6.45, 7) is 1.76. The van der Waals surface area contributed by atoms with Crippen molar-refractivity contribution in [3.63, 3.8) is 0 Å². The summed E-state index contributed by atoms with van der Waals surface area (Å²) in [6.07, 6.45) is 8.57. The standard InChI is InChI=1S/C31H32N4O4/c1-34-27-16-23(7-8-24-17-31(18-24)11-13-38-14-12-31)9-10-28(27)39-21-26(29(34)36)33-30(37)35-20-25(19-32-35)15-22-5-3-2-4-6-22/h2-6,9-10,16,19-20,24,26H,11-15,17-18,21H2,1H3,(H,33,37)/t26-/m0/s1. The molecule has 2 aromatic carbocycles. The number of amides is 2. The molecule has 0 radical (unpaired) electrons. The van der Waals surface area contributed by atoms with Gasteiger partial charge in [0.1, 0.15) is 18.4 Å². The van der Waals surface area contributed by atoms with Crippen LogP contribution in [0.15, 0.2) is 60.9 Å². The molecule has 2 aliphatic heterocycles.